The normalized spacial score (nSPS) is 11.1. The Morgan fingerprint density at radius 1 is 1.16 bits per heavy atom. The summed E-state index contributed by atoms with van der Waals surface area (Å²) in [7, 11) is 0. The standard InChI is InChI=1S/C18H16FN5O/c1-2-8-20-17-21-9-7-14(22-17)16-15(12-3-5-13(19)6-4-12)23-18-24(16)10-11-25-18/h3-7,9-11H,2,8H2,1H3,(H,20,21,22). The summed E-state index contributed by atoms with van der Waals surface area (Å²) in [4.78, 5) is 13.4. The summed E-state index contributed by atoms with van der Waals surface area (Å²) in [5.74, 6) is 0.722. The summed E-state index contributed by atoms with van der Waals surface area (Å²) in [6, 6.07) is 8.03. The molecular weight excluding hydrogens is 321 g/mol. The van der Waals surface area contributed by atoms with Crippen molar-refractivity contribution in [1.82, 2.24) is 19.4 Å². The van der Waals surface area contributed by atoms with Gasteiger partial charge >= 0.3 is 5.84 Å². The molecule has 0 amide bonds. The first kappa shape index (κ1) is 15.3. The van der Waals surface area contributed by atoms with Crippen molar-refractivity contribution in [3.63, 3.8) is 0 Å². The number of aromatic nitrogens is 4. The van der Waals surface area contributed by atoms with Crippen LogP contribution in [-0.2, 0) is 0 Å². The van der Waals surface area contributed by atoms with Crippen molar-refractivity contribution in [3.8, 4) is 22.6 Å². The lowest BCUT2D eigenvalue weighted by atomic mass is 10.1. The Labute approximate surface area is 143 Å². The van der Waals surface area contributed by atoms with Gasteiger partial charge in [-0.2, -0.15) is 4.98 Å². The van der Waals surface area contributed by atoms with E-state index in [1.807, 2.05) is 10.5 Å². The highest BCUT2D eigenvalue weighted by Gasteiger charge is 2.19. The Morgan fingerprint density at radius 3 is 2.80 bits per heavy atom. The van der Waals surface area contributed by atoms with Crippen molar-refractivity contribution in [1.29, 1.82) is 0 Å². The van der Waals surface area contributed by atoms with E-state index in [1.54, 1.807) is 30.8 Å². The van der Waals surface area contributed by atoms with Crippen LogP contribution in [0.2, 0.25) is 0 Å². The van der Waals surface area contributed by atoms with Gasteiger partial charge in [-0.05, 0) is 36.8 Å². The molecular formula is C18H16FN5O. The van der Waals surface area contributed by atoms with E-state index in [0.717, 1.165) is 24.2 Å². The summed E-state index contributed by atoms with van der Waals surface area (Å²) in [5.41, 5.74) is 2.95. The van der Waals surface area contributed by atoms with Crippen LogP contribution < -0.4 is 5.32 Å². The Kier molecular flexibility index (Phi) is 3.89. The average Bonchev–Trinajstić information content (AvgIpc) is 3.22. The molecule has 6 nitrogen and oxygen atoms in total. The first-order valence-corrected chi connectivity index (χ1v) is 8.05. The summed E-state index contributed by atoms with van der Waals surface area (Å²) < 4.78 is 20.5. The highest BCUT2D eigenvalue weighted by atomic mass is 19.1. The fourth-order valence-electron chi connectivity index (χ4n) is 2.65. The molecule has 1 N–H and O–H groups in total. The second-order valence-electron chi connectivity index (χ2n) is 5.56. The van der Waals surface area contributed by atoms with Crippen LogP contribution in [-0.4, -0.2) is 25.9 Å². The highest BCUT2D eigenvalue weighted by molar-refractivity contribution is 5.79. The minimum Gasteiger partial charge on any atom is -0.432 e. The first-order valence-electron chi connectivity index (χ1n) is 8.05. The van der Waals surface area contributed by atoms with Gasteiger partial charge < -0.3 is 9.73 Å². The number of fused-ring (bicyclic) bond motifs is 1. The molecule has 0 aliphatic heterocycles. The van der Waals surface area contributed by atoms with E-state index in [0.29, 0.717) is 23.2 Å². The van der Waals surface area contributed by atoms with Gasteiger partial charge in [-0.3, -0.25) is 4.40 Å². The number of benzene rings is 1. The maximum atomic E-state index is 13.3. The lowest BCUT2D eigenvalue weighted by molar-refractivity contribution is 0.596. The predicted molar refractivity (Wildman–Crippen MR) is 92.7 cm³/mol. The van der Waals surface area contributed by atoms with Crippen LogP contribution in [0, 0.1) is 5.82 Å². The van der Waals surface area contributed by atoms with Gasteiger partial charge in [0.25, 0.3) is 0 Å². The van der Waals surface area contributed by atoms with Crippen molar-refractivity contribution in [2.24, 2.45) is 0 Å². The lowest BCUT2D eigenvalue weighted by Gasteiger charge is -2.07. The number of rotatable bonds is 5. The number of nitrogens with zero attached hydrogens (tertiary/aromatic N) is 4. The third-order valence-corrected chi connectivity index (χ3v) is 3.81. The van der Waals surface area contributed by atoms with Crippen LogP contribution in [0.25, 0.3) is 28.5 Å². The number of nitrogens with one attached hydrogen (secondary N) is 1. The van der Waals surface area contributed by atoms with Gasteiger partial charge in [0.2, 0.25) is 5.95 Å². The van der Waals surface area contributed by atoms with Gasteiger partial charge in [0.05, 0.1) is 5.69 Å². The zero-order valence-corrected chi connectivity index (χ0v) is 13.6. The molecule has 0 aliphatic rings. The molecule has 0 bridgehead atoms. The van der Waals surface area contributed by atoms with E-state index in [9.17, 15) is 4.39 Å². The lowest BCUT2D eigenvalue weighted by Crippen LogP contribution is -2.04. The molecule has 0 unspecified atom stereocenters. The molecule has 0 saturated heterocycles. The number of hydrogen-bond acceptors (Lipinski definition) is 5. The van der Waals surface area contributed by atoms with E-state index in [-0.39, 0.29) is 5.82 Å². The van der Waals surface area contributed by atoms with Gasteiger partial charge in [0, 0.05) is 24.5 Å². The molecule has 1 aromatic carbocycles. The van der Waals surface area contributed by atoms with Gasteiger partial charge in [-0.15, -0.1) is 0 Å². The fraction of sp³-hybridized carbons (Fsp3) is 0.167. The molecule has 4 rings (SSSR count). The van der Waals surface area contributed by atoms with E-state index >= 15 is 0 Å². The van der Waals surface area contributed by atoms with E-state index < -0.39 is 0 Å². The molecule has 0 radical (unpaired) electrons. The summed E-state index contributed by atoms with van der Waals surface area (Å²) in [5, 5.41) is 3.18. The fourth-order valence-corrected chi connectivity index (χ4v) is 2.65. The highest BCUT2D eigenvalue weighted by Crippen LogP contribution is 2.32. The van der Waals surface area contributed by atoms with Gasteiger partial charge in [0.1, 0.15) is 23.5 Å². The largest absolute Gasteiger partial charge is 0.432 e. The molecule has 0 atom stereocenters. The Balaban J connectivity index is 1.87. The smallest absolute Gasteiger partial charge is 0.306 e. The van der Waals surface area contributed by atoms with Crippen molar-refractivity contribution < 1.29 is 8.81 Å². The number of hydrogen-bond donors (Lipinski definition) is 1. The Morgan fingerprint density at radius 2 is 2.00 bits per heavy atom. The molecule has 3 heterocycles. The Hall–Kier alpha value is -3.22. The molecule has 0 aliphatic carbocycles. The molecule has 126 valence electrons. The van der Waals surface area contributed by atoms with Crippen molar-refractivity contribution in [2.45, 2.75) is 13.3 Å². The minimum absolute atomic E-state index is 0.290. The van der Waals surface area contributed by atoms with Crippen LogP contribution in [0.5, 0.6) is 0 Å². The maximum absolute atomic E-state index is 13.3. The number of anilines is 1. The average molecular weight is 337 g/mol. The molecule has 0 saturated carbocycles. The second-order valence-corrected chi connectivity index (χ2v) is 5.56. The zero-order valence-electron chi connectivity index (χ0n) is 13.6. The number of imidazole rings is 1. The molecule has 3 aromatic heterocycles. The van der Waals surface area contributed by atoms with Crippen molar-refractivity contribution >= 4 is 11.8 Å². The zero-order chi connectivity index (χ0) is 17.2. The summed E-state index contributed by atoms with van der Waals surface area (Å²) in [6.07, 6.45) is 6.03. The molecule has 4 aromatic rings. The van der Waals surface area contributed by atoms with Crippen molar-refractivity contribution in [3.05, 3.63) is 54.8 Å². The first-order chi connectivity index (χ1) is 12.3. The van der Waals surface area contributed by atoms with E-state index in [4.69, 9.17) is 4.42 Å². The van der Waals surface area contributed by atoms with Crippen LogP contribution in [0.1, 0.15) is 13.3 Å². The maximum Gasteiger partial charge on any atom is 0.306 e. The predicted octanol–water partition coefficient (Wildman–Crippen LogP) is 4.01. The van der Waals surface area contributed by atoms with Crippen LogP contribution in [0.3, 0.4) is 0 Å². The third-order valence-electron chi connectivity index (χ3n) is 3.81. The molecule has 0 fully saturated rings. The number of oxazole rings is 1. The monoisotopic (exact) mass is 337 g/mol. The van der Waals surface area contributed by atoms with E-state index in [2.05, 4.69) is 27.2 Å². The van der Waals surface area contributed by atoms with Gasteiger partial charge in [0.15, 0.2) is 0 Å². The van der Waals surface area contributed by atoms with Gasteiger partial charge in [-0.1, -0.05) is 6.92 Å². The van der Waals surface area contributed by atoms with Crippen LogP contribution >= 0.6 is 0 Å². The summed E-state index contributed by atoms with van der Waals surface area (Å²) in [6.45, 7) is 2.87. The topological polar surface area (TPSA) is 68.2 Å². The van der Waals surface area contributed by atoms with Gasteiger partial charge in [-0.25, -0.2) is 14.4 Å². The molecule has 0 spiro atoms. The van der Waals surface area contributed by atoms with Crippen molar-refractivity contribution in [2.75, 3.05) is 11.9 Å². The molecule has 7 heteroatoms. The van der Waals surface area contributed by atoms with Crippen LogP contribution in [0.15, 0.2) is 53.4 Å². The summed E-state index contributed by atoms with van der Waals surface area (Å²) >= 11 is 0. The van der Waals surface area contributed by atoms with Crippen LogP contribution in [0.4, 0.5) is 10.3 Å². The SMILES string of the molecule is CCCNc1nccc(-c2c(-c3ccc(F)cc3)nc3occn23)n1. The quantitative estimate of drug-likeness (QED) is 0.596. The Bertz CT molecular complexity index is 1010. The third kappa shape index (κ3) is 2.84. The minimum atomic E-state index is -0.290. The molecule has 25 heavy (non-hydrogen) atoms. The van der Waals surface area contributed by atoms with E-state index in [1.165, 1.54) is 12.1 Å². The second kappa shape index (κ2) is 6.35. The number of halogens is 1.